The van der Waals surface area contributed by atoms with Crippen molar-refractivity contribution in [3.05, 3.63) is 47.7 Å². The number of hydrogen-bond acceptors (Lipinski definition) is 8. The SMILES string of the molecule is CCn1c(SCc2noc(-c3ccnc(Cl)c3)n2)nnc1-c1ccco1. The molecule has 8 nitrogen and oxygen atoms in total. The summed E-state index contributed by atoms with van der Waals surface area (Å²) in [6.45, 7) is 2.75. The Kier molecular flexibility index (Phi) is 4.72. The lowest BCUT2D eigenvalue weighted by atomic mass is 10.3. The molecule has 0 bridgehead atoms. The van der Waals surface area contributed by atoms with Crippen LogP contribution in [0.3, 0.4) is 0 Å². The third-order valence-electron chi connectivity index (χ3n) is 3.55. The van der Waals surface area contributed by atoms with Gasteiger partial charge in [-0.2, -0.15) is 4.98 Å². The van der Waals surface area contributed by atoms with Crippen LogP contribution in [0.4, 0.5) is 0 Å². The molecule has 0 radical (unpaired) electrons. The lowest BCUT2D eigenvalue weighted by molar-refractivity contribution is 0.425. The van der Waals surface area contributed by atoms with E-state index in [0.29, 0.717) is 34.2 Å². The lowest BCUT2D eigenvalue weighted by Gasteiger charge is -2.04. The number of rotatable bonds is 6. The van der Waals surface area contributed by atoms with Crippen molar-refractivity contribution in [1.29, 1.82) is 0 Å². The summed E-state index contributed by atoms with van der Waals surface area (Å²) in [7, 11) is 0. The van der Waals surface area contributed by atoms with Crippen LogP contribution >= 0.6 is 23.4 Å². The maximum Gasteiger partial charge on any atom is 0.258 e. The van der Waals surface area contributed by atoms with Gasteiger partial charge in [0.15, 0.2) is 22.6 Å². The minimum atomic E-state index is 0.373. The van der Waals surface area contributed by atoms with Crippen molar-refractivity contribution in [2.75, 3.05) is 0 Å². The van der Waals surface area contributed by atoms with Crippen molar-refractivity contribution in [2.45, 2.75) is 24.4 Å². The first-order valence-corrected chi connectivity index (χ1v) is 9.15. The minimum Gasteiger partial charge on any atom is -0.461 e. The van der Waals surface area contributed by atoms with Gasteiger partial charge in [0, 0.05) is 18.3 Å². The molecule has 0 N–H and O–H groups in total. The van der Waals surface area contributed by atoms with E-state index in [1.807, 2.05) is 23.6 Å². The third-order valence-corrected chi connectivity index (χ3v) is 4.72. The fraction of sp³-hybridized carbons (Fsp3) is 0.188. The Balaban J connectivity index is 1.50. The zero-order valence-electron chi connectivity index (χ0n) is 13.7. The molecule has 0 saturated carbocycles. The molecule has 0 unspecified atom stereocenters. The van der Waals surface area contributed by atoms with Crippen LogP contribution in [0.15, 0.2) is 50.8 Å². The molecule has 4 heterocycles. The zero-order chi connectivity index (χ0) is 17.9. The highest BCUT2D eigenvalue weighted by Crippen LogP contribution is 2.27. The smallest absolute Gasteiger partial charge is 0.258 e. The van der Waals surface area contributed by atoms with E-state index in [-0.39, 0.29) is 0 Å². The van der Waals surface area contributed by atoms with Crippen LogP contribution in [-0.2, 0) is 12.3 Å². The Morgan fingerprint density at radius 3 is 2.96 bits per heavy atom. The highest BCUT2D eigenvalue weighted by Gasteiger charge is 2.16. The van der Waals surface area contributed by atoms with Gasteiger partial charge in [0.25, 0.3) is 5.89 Å². The fourth-order valence-corrected chi connectivity index (χ4v) is 3.38. The Hall–Kier alpha value is -2.65. The largest absolute Gasteiger partial charge is 0.461 e. The number of thioether (sulfide) groups is 1. The molecule has 4 aromatic heterocycles. The molecule has 0 amide bonds. The van der Waals surface area contributed by atoms with Crippen LogP contribution in [0.5, 0.6) is 0 Å². The number of nitrogens with zero attached hydrogens (tertiary/aromatic N) is 6. The summed E-state index contributed by atoms with van der Waals surface area (Å²) in [5.41, 5.74) is 0.727. The van der Waals surface area contributed by atoms with Crippen LogP contribution in [0.25, 0.3) is 23.0 Å². The summed E-state index contributed by atoms with van der Waals surface area (Å²) in [5.74, 6) is 2.84. The maximum absolute atomic E-state index is 5.89. The number of aromatic nitrogens is 6. The topological polar surface area (TPSA) is 95.7 Å². The Morgan fingerprint density at radius 1 is 1.27 bits per heavy atom. The molecular weight excluding hydrogens is 376 g/mol. The van der Waals surface area contributed by atoms with E-state index in [9.17, 15) is 0 Å². The zero-order valence-corrected chi connectivity index (χ0v) is 15.2. The molecule has 10 heteroatoms. The van der Waals surface area contributed by atoms with Gasteiger partial charge in [-0.3, -0.25) is 4.57 Å². The van der Waals surface area contributed by atoms with Gasteiger partial charge < -0.3 is 8.94 Å². The second kappa shape index (κ2) is 7.30. The van der Waals surface area contributed by atoms with E-state index in [2.05, 4.69) is 25.3 Å². The molecule has 132 valence electrons. The first-order chi connectivity index (χ1) is 12.7. The minimum absolute atomic E-state index is 0.373. The molecule has 4 aromatic rings. The van der Waals surface area contributed by atoms with Gasteiger partial charge in [-0.25, -0.2) is 4.98 Å². The van der Waals surface area contributed by atoms with E-state index in [4.69, 9.17) is 20.5 Å². The van der Waals surface area contributed by atoms with Gasteiger partial charge in [-0.05, 0) is 31.2 Å². The number of pyridine rings is 1. The molecule has 0 saturated heterocycles. The standard InChI is InChI=1S/C16H13ClN6O2S/c1-2-23-14(11-4-3-7-24-11)20-21-16(23)26-9-13-19-15(25-22-13)10-5-6-18-12(17)8-10/h3-8H,2,9H2,1H3. The summed E-state index contributed by atoms with van der Waals surface area (Å²) >= 11 is 7.37. The molecule has 0 aromatic carbocycles. The molecule has 0 aliphatic rings. The van der Waals surface area contributed by atoms with Gasteiger partial charge in [-0.15, -0.1) is 10.2 Å². The number of hydrogen-bond donors (Lipinski definition) is 0. The normalized spacial score (nSPS) is 11.2. The Bertz CT molecular complexity index is 1010. The third kappa shape index (κ3) is 3.35. The van der Waals surface area contributed by atoms with E-state index in [1.165, 1.54) is 11.8 Å². The van der Waals surface area contributed by atoms with Gasteiger partial charge in [-0.1, -0.05) is 28.5 Å². The van der Waals surface area contributed by atoms with E-state index >= 15 is 0 Å². The molecular formula is C16H13ClN6O2S. The molecule has 4 rings (SSSR count). The van der Waals surface area contributed by atoms with Crippen LogP contribution < -0.4 is 0 Å². The van der Waals surface area contributed by atoms with Crippen LogP contribution in [-0.4, -0.2) is 29.9 Å². The number of furan rings is 1. The molecule has 0 aliphatic heterocycles. The molecule has 0 aliphatic carbocycles. The Labute approximate surface area is 157 Å². The van der Waals surface area contributed by atoms with Crippen molar-refractivity contribution in [1.82, 2.24) is 29.9 Å². The summed E-state index contributed by atoms with van der Waals surface area (Å²) in [5, 5.41) is 13.6. The first kappa shape index (κ1) is 16.8. The van der Waals surface area contributed by atoms with Crippen molar-refractivity contribution >= 4 is 23.4 Å². The Morgan fingerprint density at radius 2 is 2.19 bits per heavy atom. The average molecular weight is 389 g/mol. The van der Waals surface area contributed by atoms with E-state index in [1.54, 1.807) is 24.6 Å². The predicted molar refractivity (Wildman–Crippen MR) is 95.5 cm³/mol. The van der Waals surface area contributed by atoms with Gasteiger partial charge in [0.2, 0.25) is 0 Å². The summed E-state index contributed by atoms with van der Waals surface area (Å²) < 4.78 is 12.7. The highest BCUT2D eigenvalue weighted by molar-refractivity contribution is 7.98. The molecule has 0 spiro atoms. The van der Waals surface area contributed by atoms with Crippen LogP contribution in [0.2, 0.25) is 5.15 Å². The van der Waals surface area contributed by atoms with Crippen molar-refractivity contribution in [3.63, 3.8) is 0 Å². The fourth-order valence-electron chi connectivity index (χ4n) is 2.36. The quantitative estimate of drug-likeness (QED) is 0.362. The van der Waals surface area contributed by atoms with Crippen molar-refractivity contribution in [2.24, 2.45) is 0 Å². The highest BCUT2D eigenvalue weighted by atomic mass is 35.5. The first-order valence-electron chi connectivity index (χ1n) is 7.79. The maximum atomic E-state index is 5.89. The predicted octanol–water partition coefficient (Wildman–Crippen LogP) is 3.95. The molecule has 0 fully saturated rings. The van der Waals surface area contributed by atoms with Crippen LogP contribution in [0, 0.1) is 0 Å². The summed E-state index contributed by atoms with van der Waals surface area (Å²) in [4.78, 5) is 8.32. The van der Waals surface area contributed by atoms with E-state index < -0.39 is 0 Å². The summed E-state index contributed by atoms with van der Waals surface area (Å²) in [6.07, 6.45) is 3.21. The molecule has 26 heavy (non-hydrogen) atoms. The van der Waals surface area contributed by atoms with Crippen LogP contribution in [0.1, 0.15) is 12.7 Å². The second-order valence-electron chi connectivity index (χ2n) is 5.20. The van der Waals surface area contributed by atoms with E-state index in [0.717, 1.165) is 17.3 Å². The van der Waals surface area contributed by atoms with Crippen molar-refractivity contribution < 1.29 is 8.94 Å². The molecule has 0 atom stereocenters. The average Bonchev–Trinajstić information content (AvgIpc) is 3.39. The summed E-state index contributed by atoms with van der Waals surface area (Å²) in [6, 6.07) is 7.12. The van der Waals surface area contributed by atoms with Crippen molar-refractivity contribution in [3.8, 4) is 23.0 Å². The lowest BCUT2D eigenvalue weighted by Crippen LogP contribution is -1.99. The van der Waals surface area contributed by atoms with Gasteiger partial charge >= 0.3 is 0 Å². The monoisotopic (exact) mass is 388 g/mol. The van der Waals surface area contributed by atoms with Gasteiger partial charge in [0.05, 0.1) is 12.0 Å². The van der Waals surface area contributed by atoms with Gasteiger partial charge in [0.1, 0.15) is 5.15 Å². The number of halogens is 1. The second-order valence-corrected chi connectivity index (χ2v) is 6.53.